The highest BCUT2D eigenvalue weighted by Gasteiger charge is 2.30. The number of aliphatic hydroxyl groups excluding tert-OH is 1. The predicted octanol–water partition coefficient (Wildman–Crippen LogP) is 1.63. The first-order valence-corrected chi connectivity index (χ1v) is 8.78. The van der Waals surface area contributed by atoms with E-state index < -0.39 is 10.0 Å². The molecule has 1 rings (SSSR count). The zero-order valence-corrected chi connectivity index (χ0v) is 13.9. The normalized spacial score (nSPS) is 12.3. The molecular weight excluding hydrogens is 288 g/mol. The Morgan fingerprint density at radius 3 is 2.33 bits per heavy atom. The number of hydrogen-bond acceptors (Lipinski definition) is 4. The van der Waals surface area contributed by atoms with Gasteiger partial charge in [0.15, 0.2) is 0 Å². The largest absolute Gasteiger partial charge is 0.395 e. The first-order chi connectivity index (χ1) is 9.92. The van der Waals surface area contributed by atoms with Gasteiger partial charge in [0.1, 0.15) is 0 Å². The average molecular weight is 314 g/mol. The highest BCUT2D eigenvalue weighted by atomic mass is 32.2. The summed E-state index contributed by atoms with van der Waals surface area (Å²) in [4.78, 5) is 0.292. The minimum Gasteiger partial charge on any atom is -0.395 e. The Labute approximate surface area is 127 Å². The topological polar surface area (TPSA) is 83.6 Å². The van der Waals surface area contributed by atoms with E-state index in [4.69, 9.17) is 5.73 Å². The molecule has 0 aliphatic rings. The van der Waals surface area contributed by atoms with Gasteiger partial charge in [0.05, 0.1) is 11.5 Å². The summed E-state index contributed by atoms with van der Waals surface area (Å²) < 4.78 is 27.2. The Balaban J connectivity index is 3.28. The molecule has 0 atom stereocenters. The van der Waals surface area contributed by atoms with Crippen molar-refractivity contribution < 1.29 is 13.5 Å². The Bertz CT molecular complexity index is 554. The Hall–Kier alpha value is -0.950. The first kappa shape index (κ1) is 18.1. The Morgan fingerprint density at radius 2 is 1.90 bits per heavy atom. The number of hydrogen-bond donors (Lipinski definition) is 2. The zero-order valence-electron chi connectivity index (χ0n) is 13.0. The Kier molecular flexibility index (Phi) is 6.80. The summed E-state index contributed by atoms with van der Waals surface area (Å²) >= 11 is 0. The van der Waals surface area contributed by atoms with Crippen LogP contribution in [0.4, 0.5) is 0 Å². The van der Waals surface area contributed by atoms with Crippen LogP contribution in [0.2, 0.25) is 0 Å². The van der Waals surface area contributed by atoms with E-state index in [9.17, 15) is 13.5 Å². The first-order valence-electron chi connectivity index (χ1n) is 7.34. The summed E-state index contributed by atoms with van der Waals surface area (Å²) in [5, 5.41) is 9.22. The SMILES string of the molecule is CCC(CC)N(CCO)S(=O)(=O)c1ccc(CN)cc1C. The van der Waals surface area contributed by atoms with Crippen molar-refractivity contribution in [3.8, 4) is 0 Å². The van der Waals surface area contributed by atoms with E-state index in [1.165, 1.54) is 4.31 Å². The maximum Gasteiger partial charge on any atom is 0.243 e. The van der Waals surface area contributed by atoms with Crippen LogP contribution >= 0.6 is 0 Å². The molecule has 21 heavy (non-hydrogen) atoms. The number of benzene rings is 1. The van der Waals surface area contributed by atoms with Crippen molar-refractivity contribution in [3.63, 3.8) is 0 Å². The highest BCUT2D eigenvalue weighted by molar-refractivity contribution is 7.89. The summed E-state index contributed by atoms with van der Waals surface area (Å²) in [5.41, 5.74) is 7.18. The maximum absolute atomic E-state index is 12.9. The van der Waals surface area contributed by atoms with Gasteiger partial charge in [-0.2, -0.15) is 4.31 Å². The molecule has 0 aromatic heterocycles. The molecule has 0 aliphatic carbocycles. The quantitative estimate of drug-likeness (QED) is 0.764. The van der Waals surface area contributed by atoms with E-state index in [1.54, 1.807) is 25.1 Å². The molecule has 0 saturated carbocycles. The van der Waals surface area contributed by atoms with Crippen molar-refractivity contribution >= 4 is 10.0 Å². The molecule has 0 radical (unpaired) electrons. The molecule has 0 aliphatic heterocycles. The molecule has 0 unspecified atom stereocenters. The van der Waals surface area contributed by atoms with E-state index in [0.717, 1.165) is 18.4 Å². The lowest BCUT2D eigenvalue weighted by atomic mass is 10.1. The lowest BCUT2D eigenvalue weighted by Crippen LogP contribution is -2.41. The molecule has 1 aromatic rings. The molecule has 3 N–H and O–H groups in total. The van der Waals surface area contributed by atoms with Crippen molar-refractivity contribution in [1.82, 2.24) is 4.31 Å². The molecular formula is C15H26N2O3S. The highest BCUT2D eigenvalue weighted by Crippen LogP contribution is 2.24. The van der Waals surface area contributed by atoms with Gasteiger partial charge in [-0.25, -0.2) is 8.42 Å². The minimum absolute atomic E-state index is 0.101. The molecule has 0 saturated heterocycles. The van der Waals surface area contributed by atoms with Crippen LogP contribution in [-0.2, 0) is 16.6 Å². The van der Waals surface area contributed by atoms with Gasteiger partial charge in [0.2, 0.25) is 10.0 Å². The third-order valence-electron chi connectivity index (χ3n) is 3.73. The maximum atomic E-state index is 12.9. The standard InChI is InChI=1S/C15H26N2O3S/c1-4-14(5-2)17(8-9-18)21(19,20)15-7-6-13(11-16)10-12(15)3/h6-7,10,14,18H,4-5,8-9,11,16H2,1-3H3. The van der Waals surface area contributed by atoms with E-state index in [0.29, 0.717) is 17.0 Å². The second-order valence-electron chi connectivity index (χ2n) is 5.11. The van der Waals surface area contributed by atoms with Gasteiger partial charge in [0.25, 0.3) is 0 Å². The van der Waals surface area contributed by atoms with Gasteiger partial charge in [-0.3, -0.25) is 0 Å². The molecule has 1 aromatic carbocycles. The van der Waals surface area contributed by atoms with Crippen LogP contribution in [0, 0.1) is 6.92 Å². The zero-order chi connectivity index (χ0) is 16.0. The lowest BCUT2D eigenvalue weighted by Gasteiger charge is -2.29. The fourth-order valence-electron chi connectivity index (χ4n) is 2.55. The summed E-state index contributed by atoms with van der Waals surface area (Å²) in [6.45, 7) is 6.00. The van der Waals surface area contributed by atoms with E-state index in [2.05, 4.69) is 0 Å². The number of nitrogens with two attached hydrogens (primary N) is 1. The second-order valence-corrected chi connectivity index (χ2v) is 6.97. The third kappa shape index (κ3) is 4.03. The molecule has 6 heteroatoms. The van der Waals surface area contributed by atoms with Gasteiger partial charge in [-0.15, -0.1) is 0 Å². The fraction of sp³-hybridized carbons (Fsp3) is 0.600. The molecule has 0 amide bonds. The van der Waals surface area contributed by atoms with Crippen molar-refractivity contribution in [1.29, 1.82) is 0 Å². The molecule has 0 fully saturated rings. The van der Waals surface area contributed by atoms with E-state index in [1.807, 2.05) is 13.8 Å². The smallest absolute Gasteiger partial charge is 0.243 e. The second kappa shape index (κ2) is 7.89. The molecule has 5 nitrogen and oxygen atoms in total. The van der Waals surface area contributed by atoms with Crippen LogP contribution in [0.3, 0.4) is 0 Å². The van der Waals surface area contributed by atoms with Gasteiger partial charge in [0, 0.05) is 19.1 Å². The number of aryl methyl sites for hydroxylation is 1. The Morgan fingerprint density at radius 1 is 1.29 bits per heavy atom. The molecule has 0 spiro atoms. The van der Waals surface area contributed by atoms with Crippen LogP contribution in [0.25, 0.3) is 0 Å². The van der Waals surface area contributed by atoms with Crippen molar-refractivity contribution in [2.75, 3.05) is 13.2 Å². The van der Waals surface area contributed by atoms with Crippen molar-refractivity contribution in [2.45, 2.75) is 51.1 Å². The number of sulfonamides is 1. The monoisotopic (exact) mass is 314 g/mol. The van der Waals surface area contributed by atoms with E-state index >= 15 is 0 Å². The van der Waals surface area contributed by atoms with Crippen LogP contribution in [0.5, 0.6) is 0 Å². The fourth-order valence-corrected chi connectivity index (χ4v) is 4.52. The summed E-state index contributed by atoms with van der Waals surface area (Å²) in [6, 6.07) is 5.05. The summed E-state index contributed by atoms with van der Waals surface area (Å²) in [6.07, 6.45) is 1.44. The van der Waals surface area contributed by atoms with Gasteiger partial charge >= 0.3 is 0 Å². The number of rotatable bonds is 8. The van der Waals surface area contributed by atoms with Crippen molar-refractivity contribution in [2.24, 2.45) is 5.73 Å². The number of nitrogens with zero attached hydrogens (tertiary/aromatic N) is 1. The van der Waals surface area contributed by atoms with E-state index in [-0.39, 0.29) is 19.2 Å². The van der Waals surface area contributed by atoms with Gasteiger partial charge in [-0.05, 0) is 37.0 Å². The van der Waals surface area contributed by atoms with Crippen LogP contribution in [0.1, 0.15) is 37.8 Å². The summed E-state index contributed by atoms with van der Waals surface area (Å²) in [5.74, 6) is 0. The molecule has 0 heterocycles. The van der Waals surface area contributed by atoms with Gasteiger partial charge < -0.3 is 10.8 Å². The van der Waals surface area contributed by atoms with Crippen LogP contribution < -0.4 is 5.73 Å². The average Bonchev–Trinajstić information content (AvgIpc) is 2.47. The lowest BCUT2D eigenvalue weighted by molar-refractivity contribution is 0.219. The van der Waals surface area contributed by atoms with Crippen LogP contribution in [-0.4, -0.2) is 37.0 Å². The third-order valence-corrected chi connectivity index (χ3v) is 5.84. The predicted molar refractivity (Wildman–Crippen MR) is 84.4 cm³/mol. The summed E-state index contributed by atoms with van der Waals surface area (Å²) in [7, 11) is -3.61. The number of aliphatic hydroxyl groups is 1. The minimum atomic E-state index is -3.61. The van der Waals surface area contributed by atoms with Crippen LogP contribution in [0.15, 0.2) is 23.1 Å². The van der Waals surface area contributed by atoms with Gasteiger partial charge in [-0.1, -0.05) is 26.0 Å². The van der Waals surface area contributed by atoms with Crippen molar-refractivity contribution in [3.05, 3.63) is 29.3 Å². The molecule has 120 valence electrons. The molecule has 0 bridgehead atoms.